The van der Waals surface area contributed by atoms with Crippen LogP contribution >= 0.6 is 0 Å². The second-order valence-electron chi connectivity index (χ2n) is 7.39. The standard InChI is InChI=1S/C22H28N2O4S/c1-28-19-10-6-17(7-11-19)21(24-14-4-3-5-15-24)16-23-22(25)18-8-12-20(13-9-18)29(2,26)27/h6-13,21H,3-5,14-16H2,1-2H3,(H,23,25)/t21-/m1/s1. The molecule has 2 aromatic rings. The van der Waals surface area contributed by atoms with E-state index in [4.69, 9.17) is 4.74 Å². The summed E-state index contributed by atoms with van der Waals surface area (Å²) < 4.78 is 28.4. The predicted molar refractivity (Wildman–Crippen MR) is 113 cm³/mol. The maximum Gasteiger partial charge on any atom is 0.251 e. The molecule has 7 heteroatoms. The number of rotatable bonds is 7. The molecule has 0 aliphatic carbocycles. The fourth-order valence-corrected chi connectivity index (χ4v) is 4.29. The zero-order valence-corrected chi connectivity index (χ0v) is 17.7. The lowest BCUT2D eigenvalue weighted by atomic mass is 10.0. The van der Waals surface area contributed by atoms with Crippen LogP contribution in [0.3, 0.4) is 0 Å². The number of hydrogen-bond acceptors (Lipinski definition) is 5. The zero-order chi connectivity index (χ0) is 20.9. The van der Waals surface area contributed by atoms with Crippen LogP contribution in [0.4, 0.5) is 0 Å². The van der Waals surface area contributed by atoms with E-state index in [0.717, 1.165) is 43.5 Å². The van der Waals surface area contributed by atoms with Gasteiger partial charge in [0, 0.05) is 18.4 Å². The first-order chi connectivity index (χ1) is 13.9. The van der Waals surface area contributed by atoms with Gasteiger partial charge in [-0.2, -0.15) is 0 Å². The van der Waals surface area contributed by atoms with Gasteiger partial charge in [-0.1, -0.05) is 18.6 Å². The molecule has 0 aromatic heterocycles. The lowest BCUT2D eigenvalue weighted by Gasteiger charge is -2.35. The Labute approximate surface area is 172 Å². The molecule has 2 aromatic carbocycles. The van der Waals surface area contributed by atoms with E-state index in [1.807, 2.05) is 24.3 Å². The number of amides is 1. The van der Waals surface area contributed by atoms with Gasteiger partial charge in [-0.25, -0.2) is 8.42 Å². The molecule has 0 spiro atoms. The van der Waals surface area contributed by atoms with E-state index in [9.17, 15) is 13.2 Å². The summed E-state index contributed by atoms with van der Waals surface area (Å²) in [5.74, 6) is 0.599. The van der Waals surface area contributed by atoms with Crippen molar-refractivity contribution in [1.29, 1.82) is 0 Å². The van der Waals surface area contributed by atoms with Gasteiger partial charge in [-0.3, -0.25) is 9.69 Å². The van der Waals surface area contributed by atoms with E-state index in [-0.39, 0.29) is 16.8 Å². The number of ether oxygens (including phenoxy) is 1. The zero-order valence-electron chi connectivity index (χ0n) is 16.9. The molecule has 1 saturated heterocycles. The average molecular weight is 417 g/mol. The molecule has 0 radical (unpaired) electrons. The molecule has 156 valence electrons. The summed E-state index contributed by atoms with van der Waals surface area (Å²) in [6.07, 6.45) is 4.71. The van der Waals surface area contributed by atoms with Crippen LogP contribution in [0.2, 0.25) is 0 Å². The molecule has 0 saturated carbocycles. The number of nitrogens with one attached hydrogen (secondary N) is 1. The summed E-state index contributed by atoms with van der Waals surface area (Å²) in [7, 11) is -1.63. The summed E-state index contributed by atoms with van der Waals surface area (Å²) >= 11 is 0. The van der Waals surface area contributed by atoms with Gasteiger partial charge >= 0.3 is 0 Å². The van der Waals surface area contributed by atoms with Gasteiger partial charge < -0.3 is 10.1 Å². The van der Waals surface area contributed by atoms with Crippen LogP contribution in [-0.2, 0) is 9.84 Å². The Balaban J connectivity index is 1.72. The summed E-state index contributed by atoms with van der Waals surface area (Å²) in [6, 6.07) is 14.1. The lowest BCUT2D eigenvalue weighted by molar-refractivity contribution is 0.0924. The molecule has 0 bridgehead atoms. The number of methoxy groups -OCH3 is 1. The Hall–Kier alpha value is -2.38. The van der Waals surface area contributed by atoms with Gasteiger partial charge in [0.15, 0.2) is 9.84 Å². The summed E-state index contributed by atoms with van der Waals surface area (Å²) in [6.45, 7) is 2.50. The fraction of sp³-hybridized carbons (Fsp3) is 0.409. The van der Waals surface area contributed by atoms with E-state index in [0.29, 0.717) is 12.1 Å². The Kier molecular flexibility index (Phi) is 6.92. The Morgan fingerprint density at radius 2 is 1.66 bits per heavy atom. The smallest absolute Gasteiger partial charge is 0.251 e. The van der Waals surface area contributed by atoms with Crippen molar-refractivity contribution < 1.29 is 17.9 Å². The number of piperidine rings is 1. The van der Waals surface area contributed by atoms with Crippen molar-refractivity contribution in [3.63, 3.8) is 0 Å². The maximum absolute atomic E-state index is 12.6. The van der Waals surface area contributed by atoms with Crippen LogP contribution in [0.25, 0.3) is 0 Å². The van der Waals surface area contributed by atoms with Crippen molar-refractivity contribution in [2.24, 2.45) is 0 Å². The molecular weight excluding hydrogens is 388 g/mol. The van der Waals surface area contributed by atoms with Crippen molar-refractivity contribution >= 4 is 15.7 Å². The highest BCUT2D eigenvalue weighted by Crippen LogP contribution is 2.26. The largest absolute Gasteiger partial charge is 0.497 e. The minimum atomic E-state index is -3.28. The van der Waals surface area contributed by atoms with E-state index < -0.39 is 9.84 Å². The van der Waals surface area contributed by atoms with Crippen LogP contribution < -0.4 is 10.1 Å². The van der Waals surface area contributed by atoms with E-state index in [1.165, 1.54) is 18.6 Å². The SMILES string of the molecule is COc1ccc([C@@H](CNC(=O)c2ccc(S(C)(=O)=O)cc2)N2CCCCC2)cc1. The van der Waals surface area contributed by atoms with E-state index in [1.54, 1.807) is 19.2 Å². The molecule has 29 heavy (non-hydrogen) atoms. The van der Waals surface area contributed by atoms with Gasteiger partial charge in [0.25, 0.3) is 5.91 Å². The quantitative estimate of drug-likeness (QED) is 0.751. The van der Waals surface area contributed by atoms with Crippen LogP contribution in [0, 0.1) is 0 Å². The van der Waals surface area contributed by atoms with Crippen molar-refractivity contribution in [1.82, 2.24) is 10.2 Å². The first-order valence-electron chi connectivity index (χ1n) is 9.85. The molecule has 6 nitrogen and oxygen atoms in total. The molecule has 1 aliphatic rings. The first-order valence-corrected chi connectivity index (χ1v) is 11.7. The third-order valence-corrected chi connectivity index (χ3v) is 6.46. The number of carbonyl (C=O) groups excluding carboxylic acids is 1. The molecule has 1 heterocycles. The number of likely N-dealkylation sites (tertiary alicyclic amines) is 1. The molecule has 3 rings (SSSR count). The maximum atomic E-state index is 12.6. The normalized spacial score (nSPS) is 16.2. The van der Waals surface area contributed by atoms with Crippen LogP contribution in [0.15, 0.2) is 53.4 Å². The first kappa shape index (κ1) is 21.3. The molecular formula is C22H28N2O4S. The number of carbonyl (C=O) groups is 1. The summed E-state index contributed by atoms with van der Waals surface area (Å²) in [5, 5.41) is 3.02. The van der Waals surface area contributed by atoms with Crippen LogP contribution in [0.1, 0.15) is 41.2 Å². The average Bonchev–Trinajstić information content (AvgIpc) is 2.74. The second-order valence-corrected chi connectivity index (χ2v) is 9.41. The van der Waals surface area contributed by atoms with Gasteiger partial charge in [0.05, 0.1) is 18.0 Å². The minimum Gasteiger partial charge on any atom is -0.497 e. The fourth-order valence-electron chi connectivity index (χ4n) is 3.66. The van der Waals surface area contributed by atoms with E-state index in [2.05, 4.69) is 10.2 Å². The van der Waals surface area contributed by atoms with Gasteiger partial charge in [-0.15, -0.1) is 0 Å². The van der Waals surface area contributed by atoms with Crippen LogP contribution in [-0.4, -0.2) is 52.2 Å². The van der Waals surface area contributed by atoms with Crippen molar-refractivity contribution in [2.75, 3.05) is 33.0 Å². The minimum absolute atomic E-state index is 0.0837. The highest BCUT2D eigenvalue weighted by atomic mass is 32.2. The second kappa shape index (κ2) is 9.41. The Morgan fingerprint density at radius 1 is 1.03 bits per heavy atom. The number of sulfone groups is 1. The molecule has 1 aliphatic heterocycles. The summed E-state index contributed by atoms with van der Waals surface area (Å²) in [5.41, 5.74) is 1.59. The number of benzene rings is 2. The third-order valence-electron chi connectivity index (χ3n) is 5.33. The molecule has 0 unspecified atom stereocenters. The van der Waals surface area contributed by atoms with Crippen molar-refractivity contribution in [3.8, 4) is 5.75 Å². The highest BCUT2D eigenvalue weighted by Gasteiger charge is 2.23. The molecule has 1 atom stereocenters. The number of nitrogens with zero attached hydrogens (tertiary/aromatic N) is 1. The van der Waals surface area contributed by atoms with E-state index >= 15 is 0 Å². The topological polar surface area (TPSA) is 75.7 Å². The molecule has 1 fully saturated rings. The van der Waals surface area contributed by atoms with Gasteiger partial charge in [0.1, 0.15) is 5.75 Å². The molecule has 1 N–H and O–H groups in total. The van der Waals surface area contributed by atoms with Crippen molar-refractivity contribution in [3.05, 3.63) is 59.7 Å². The Morgan fingerprint density at radius 3 is 2.21 bits per heavy atom. The predicted octanol–water partition coefficient (Wildman–Crippen LogP) is 3.06. The van der Waals surface area contributed by atoms with Crippen LogP contribution in [0.5, 0.6) is 5.75 Å². The highest BCUT2D eigenvalue weighted by molar-refractivity contribution is 7.90. The molecule has 1 amide bonds. The Bertz CT molecular complexity index is 918. The summed E-state index contributed by atoms with van der Waals surface area (Å²) in [4.78, 5) is 15.2. The third kappa shape index (κ3) is 5.58. The van der Waals surface area contributed by atoms with Gasteiger partial charge in [0.2, 0.25) is 0 Å². The van der Waals surface area contributed by atoms with Crippen molar-refractivity contribution in [2.45, 2.75) is 30.2 Å². The lowest BCUT2D eigenvalue weighted by Crippen LogP contribution is -2.40. The number of hydrogen-bond donors (Lipinski definition) is 1. The monoisotopic (exact) mass is 416 g/mol. The van der Waals surface area contributed by atoms with Gasteiger partial charge in [-0.05, 0) is 67.9 Å².